The Balaban J connectivity index is 1.25. The number of benzene rings is 3. The van der Waals surface area contributed by atoms with E-state index in [1.54, 1.807) is 25.3 Å². The third-order valence-corrected chi connectivity index (χ3v) is 11.2. The van der Waals surface area contributed by atoms with Crippen LogP contribution >= 0.6 is 11.6 Å². The molecule has 6 atom stereocenters. The van der Waals surface area contributed by atoms with Crippen molar-refractivity contribution in [2.45, 2.75) is 26.2 Å². The normalized spacial score (nSPS) is 28.7. The van der Waals surface area contributed by atoms with Crippen molar-refractivity contribution in [3.63, 3.8) is 0 Å². The predicted molar refractivity (Wildman–Crippen MR) is 173 cm³/mol. The number of hydrogen-bond donors (Lipinski definition) is 1. The van der Waals surface area contributed by atoms with Crippen molar-refractivity contribution in [2.24, 2.45) is 35.0 Å². The zero-order valence-corrected chi connectivity index (χ0v) is 26.6. The van der Waals surface area contributed by atoms with Crippen LogP contribution < -0.4 is 14.5 Å². The van der Waals surface area contributed by atoms with Gasteiger partial charge in [0.2, 0.25) is 23.6 Å². The lowest BCUT2D eigenvalue weighted by atomic mass is 9.51. The highest BCUT2D eigenvalue weighted by Crippen LogP contribution is 2.63. The van der Waals surface area contributed by atoms with Gasteiger partial charge in [0.25, 0.3) is 5.69 Å². The zero-order chi connectivity index (χ0) is 34.5. The van der Waals surface area contributed by atoms with Crippen molar-refractivity contribution in [2.75, 3.05) is 9.80 Å². The van der Waals surface area contributed by atoms with Crippen molar-refractivity contribution in [3.8, 4) is 11.5 Å². The number of carbonyl (C=O) groups excluding carboxylic acids is 4. The minimum absolute atomic E-state index is 0.0247. The van der Waals surface area contributed by atoms with Crippen molar-refractivity contribution < 1.29 is 38.3 Å². The summed E-state index contributed by atoms with van der Waals surface area (Å²) in [4.78, 5) is 70.0. The number of rotatable bonds is 4. The van der Waals surface area contributed by atoms with Gasteiger partial charge in [0.05, 0.1) is 50.8 Å². The number of halogens is 2. The van der Waals surface area contributed by atoms with Crippen LogP contribution in [0.5, 0.6) is 11.5 Å². The predicted octanol–water partition coefficient (Wildman–Crippen LogP) is 5.88. The van der Waals surface area contributed by atoms with Crippen molar-refractivity contribution in [1.82, 2.24) is 0 Å². The topological polar surface area (TPSA) is 147 Å². The largest absolute Gasteiger partial charge is 0.508 e. The fourth-order valence-corrected chi connectivity index (χ4v) is 8.89. The van der Waals surface area contributed by atoms with E-state index in [1.807, 2.05) is 6.08 Å². The second-order valence-corrected chi connectivity index (χ2v) is 13.7. The van der Waals surface area contributed by atoms with Crippen LogP contribution in [0.4, 0.5) is 21.5 Å². The molecule has 0 aromatic heterocycles. The van der Waals surface area contributed by atoms with E-state index >= 15 is 0 Å². The van der Waals surface area contributed by atoms with E-state index in [0.29, 0.717) is 16.9 Å². The second-order valence-electron chi connectivity index (χ2n) is 13.3. The summed E-state index contributed by atoms with van der Waals surface area (Å²) in [6.45, 7) is 1.71. The average Bonchev–Trinajstić information content (AvgIpc) is 3.45. The van der Waals surface area contributed by atoms with Gasteiger partial charge in [-0.2, -0.15) is 0 Å². The van der Waals surface area contributed by atoms with Crippen LogP contribution in [0.15, 0.2) is 84.1 Å². The Kier molecular flexibility index (Phi) is 6.84. The van der Waals surface area contributed by atoms with Crippen LogP contribution in [0.25, 0.3) is 0 Å². The van der Waals surface area contributed by atoms with Crippen LogP contribution in [0, 0.1) is 50.9 Å². The second kappa shape index (κ2) is 10.8. The van der Waals surface area contributed by atoms with E-state index in [1.165, 1.54) is 42.5 Å². The van der Waals surface area contributed by atoms with E-state index in [-0.39, 0.29) is 47.1 Å². The maximum absolute atomic E-state index is 14.6. The lowest BCUT2D eigenvalue weighted by molar-refractivity contribution is -0.384. The summed E-state index contributed by atoms with van der Waals surface area (Å²) in [5.41, 5.74) is 0.585. The first-order valence-corrected chi connectivity index (χ1v) is 16.1. The molecule has 2 aliphatic carbocycles. The van der Waals surface area contributed by atoms with Crippen LogP contribution in [-0.4, -0.2) is 33.7 Å². The third kappa shape index (κ3) is 4.39. The Morgan fingerprint density at radius 2 is 1.76 bits per heavy atom. The van der Waals surface area contributed by atoms with E-state index in [2.05, 4.69) is 0 Å². The summed E-state index contributed by atoms with van der Waals surface area (Å²) in [7, 11) is 0. The molecule has 3 aliphatic heterocycles. The first kappa shape index (κ1) is 30.9. The van der Waals surface area contributed by atoms with Crippen molar-refractivity contribution in [1.29, 1.82) is 0 Å². The van der Waals surface area contributed by atoms with Gasteiger partial charge in [-0.05, 0) is 73.7 Å². The highest BCUT2D eigenvalue weighted by Gasteiger charge is 2.68. The summed E-state index contributed by atoms with van der Waals surface area (Å²) >= 11 is 6.08. The van der Waals surface area contributed by atoms with Crippen molar-refractivity contribution in [3.05, 3.63) is 111 Å². The van der Waals surface area contributed by atoms with Gasteiger partial charge in [-0.25, -0.2) is 14.2 Å². The van der Waals surface area contributed by atoms with Crippen LogP contribution in [0.3, 0.4) is 0 Å². The molecule has 6 unspecified atom stereocenters. The van der Waals surface area contributed by atoms with E-state index in [4.69, 9.17) is 16.3 Å². The number of fused-ring (bicyclic) bond motifs is 5. The molecule has 3 heterocycles. The fourth-order valence-electron chi connectivity index (χ4n) is 8.72. The smallest absolute Gasteiger partial charge is 0.271 e. The van der Waals surface area contributed by atoms with E-state index in [0.717, 1.165) is 21.4 Å². The highest BCUT2D eigenvalue weighted by molar-refractivity contribution is 6.31. The number of aromatic hydroxyl groups is 1. The number of carbonyl (C=O) groups is 4. The molecule has 0 spiro atoms. The Labute approximate surface area is 283 Å². The number of anilines is 2. The van der Waals surface area contributed by atoms with Gasteiger partial charge >= 0.3 is 0 Å². The molecular formula is C36H27ClFN3O8. The van der Waals surface area contributed by atoms with Crippen molar-refractivity contribution >= 4 is 52.3 Å². The quantitative estimate of drug-likeness (QED) is 0.155. The Hall–Kier alpha value is -5.36. The maximum Gasteiger partial charge on any atom is 0.271 e. The molecule has 1 N–H and O–H groups in total. The van der Waals surface area contributed by atoms with Gasteiger partial charge in [0.15, 0.2) is 0 Å². The summed E-state index contributed by atoms with van der Waals surface area (Å²) in [6.07, 6.45) is 3.95. The number of non-ortho nitro benzene ring substituents is 1. The Morgan fingerprint density at radius 1 is 0.980 bits per heavy atom. The molecule has 0 bridgehead atoms. The first-order valence-electron chi connectivity index (χ1n) is 15.7. The summed E-state index contributed by atoms with van der Waals surface area (Å²) in [6, 6.07) is 13.7. The molecule has 8 rings (SSSR count). The molecule has 3 fully saturated rings. The molecule has 248 valence electrons. The average molecular weight is 684 g/mol. The molecular weight excluding hydrogens is 657 g/mol. The highest BCUT2D eigenvalue weighted by atomic mass is 35.5. The molecule has 4 amide bonds. The minimum atomic E-state index is -1.37. The SMILES string of the molecule is CC12C(=O)N(c3ccc(F)c(Cl)c3)C(=O)C1CC1C(=CCC3C(=O)N(c4cccc([N+](=O)[O-])c4)C(=O)C31)C2C1=COc2ccc(O)cc2C1. The number of phenols is 1. The molecule has 49 heavy (non-hydrogen) atoms. The minimum Gasteiger partial charge on any atom is -0.508 e. The number of phenolic OH excluding ortho intramolecular Hbond substituents is 1. The van der Waals surface area contributed by atoms with Gasteiger partial charge in [0.1, 0.15) is 17.3 Å². The molecule has 3 aromatic carbocycles. The van der Waals surface area contributed by atoms with Gasteiger partial charge in [-0.15, -0.1) is 0 Å². The van der Waals surface area contributed by atoms with Crippen LogP contribution in [0.2, 0.25) is 5.02 Å². The summed E-state index contributed by atoms with van der Waals surface area (Å²) < 4.78 is 20.1. The van der Waals surface area contributed by atoms with Crippen LogP contribution in [0.1, 0.15) is 25.3 Å². The van der Waals surface area contributed by atoms with E-state index in [9.17, 15) is 38.8 Å². The number of hydrogen-bond acceptors (Lipinski definition) is 8. The molecule has 13 heteroatoms. The van der Waals surface area contributed by atoms with Gasteiger partial charge in [-0.1, -0.05) is 29.3 Å². The molecule has 0 radical (unpaired) electrons. The number of amides is 4. The molecule has 1 saturated carbocycles. The van der Waals surface area contributed by atoms with Crippen LogP contribution in [-0.2, 0) is 25.6 Å². The summed E-state index contributed by atoms with van der Waals surface area (Å²) in [5, 5.41) is 21.5. The monoisotopic (exact) mass is 683 g/mol. The zero-order valence-electron chi connectivity index (χ0n) is 25.8. The standard InChI is InChI=1S/C36H27ClFN3O8/c1-36-26(33(44)40(35(36)46)20-5-9-28(38)27(37)14-20)15-25-23(31(36)18-11-17-12-22(42)6-10-29(17)49-16-18)7-8-24-30(25)34(45)39(32(24)43)19-3-2-4-21(13-19)41(47)48/h2-7,9-10,12-14,16,24-26,30-31,42H,8,11,15H2,1H3. The lowest BCUT2D eigenvalue weighted by Crippen LogP contribution is -2.51. The molecule has 2 saturated heterocycles. The number of nitro groups is 1. The van der Waals surface area contributed by atoms with E-state index < -0.39 is 69.4 Å². The fraction of sp³-hybridized carbons (Fsp3) is 0.278. The summed E-state index contributed by atoms with van der Waals surface area (Å²) in [5.74, 6) is -6.25. The third-order valence-electron chi connectivity index (χ3n) is 10.9. The van der Waals surface area contributed by atoms with Gasteiger partial charge in [-0.3, -0.25) is 29.3 Å². The number of nitro benzene ring substituents is 1. The maximum atomic E-state index is 14.6. The Bertz CT molecular complexity index is 2110. The lowest BCUT2D eigenvalue weighted by Gasteiger charge is -2.49. The number of imide groups is 2. The molecule has 3 aromatic rings. The first-order chi connectivity index (χ1) is 23.4. The number of allylic oxidation sites excluding steroid dienone is 3. The number of nitrogens with zero attached hydrogens (tertiary/aromatic N) is 3. The van der Waals surface area contributed by atoms with Gasteiger partial charge < -0.3 is 9.84 Å². The molecule has 5 aliphatic rings. The number of ether oxygens (including phenoxy) is 1. The van der Waals surface area contributed by atoms with Gasteiger partial charge in [0, 0.05) is 30.0 Å². The Morgan fingerprint density at radius 3 is 2.51 bits per heavy atom. The molecule has 11 nitrogen and oxygen atoms in total.